The lowest BCUT2D eigenvalue weighted by atomic mass is 10.2. The normalized spacial score (nSPS) is 18.1. The average Bonchev–Trinajstić information content (AvgIpc) is 2.65. The van der Waals surface area contributed by atoms with E-state index in [1.54, 1.807) is 49.4 Å². The first-order valence-electron chi connectivity index (χ1n) is 8.13. The largest absolute Gasteiger partial charge is 0.482 e. The van der Waals surface area contributed by atoms with E-state index in [1.165, 1.54) is 6.07 Å². The molecule has 2 aromatic rings. The van der Waals surface area contributed by atoms with E-state index in [2.05, 4.69) is 5.32 Å². The molecule has 1 heterocycles. The summed E-state index contributed by atoms with van der Waals surface area (Å²) in [6.07, 6.45) is -1.52. The van der Waals surface area contributed by atoms with Crippen LogP contribution in [0.25, 0.3) is 0 Å². The van der Waals surface area contributed by atoms with Crippen LogP contribution < -0.4 is 14.8 Å². The third kappa shape index (κ3) is 4.11. The molecule has 1 amide bonds. The van der Waals surface area contributed by atoms with Crippen LogP contribution in [0, 0.1) is 5.82 Å². The van der Waals surface area contributed by atoms with E-state index in [4.69, 9.17) is 14.2 Å². The van der Waals surface area contributed by atoms with Gasteiger partial charge in [-0.15, -0.1) is 0 Å². The van der Waals surface area contributed by atoms with Crippen LogP contribution in [-0.2, 0) is 20.9 Å². The second-order valence-electron chi connectivity index (χ2n) is 5.78. The predicted octanol–water partition coefficient (Wildman–Crippen LogP) is 2.21. The van der Waals surface area contributed by atoms with Crippen molar-refractivity contribution in [1.82, 2.24) is 5.32 Å². The van der Waals surface area contributed by atoms with Gasteiger partial charge in [-0.25, -0.2) is 9.18 Å². The summed E-state index contributed by atoms with van der Waals surface area (Å²) in [5.74, 6) is -0.660. The molecular formula is C19H18FNO5. The van der Waals surface area contributed by atoms with E-state index < -0.39 is 36.5 Å². The smallest absolute Gasteiger partial charge is 0.351 e. The number of fused-ring (bicyclic) bond motifs is 1. The molecular weight excluding hydrogens is 341 g/mol. The number of amides is 1. The number of hydrogen-bond donors (Lipinski definition) is 1. The van der Waals surface area contributed by atoms with Crippen molar-refractivity contribution in [2.45, 2.75) is 25.7 Å². The molecule has 3 rings (SSSR count). The molecule has 2 atom stereocenters. The highest BCUT2D eigenvalue weighted by molar-refractivity contribution is 5.82. The Hall–Kier alpha value is -3.09. The number of carbonyl (C=O) groups excluding carboxylic acids is 2. The minimum absolute atomic E-state index is 0.00980. The van der Waals surface area contributed by atoms with Crippen molar-refractivity contribution in [3.05, 3.63) is 59.9 Å². The predicted molar refractivity (Wildman–Crippen MR) is 90.2 cm³/mol. The van der Waals surface area contributed by atoms with Gasteiger partial charge in [-0.05, 0) is 25.1 Å². The first kappa shape index (κ1) is 17.7. The van der Waals surface area contributed by atoms with Crippen molar-refractivity contribution < 1.29 is 28.2 Å². The van der Waals surface area contributed by atoms with Crippen LogP contribution in [0.3, 0.4) is 0 Å². The molecule has 1 N–H and O–H groups in total. The van der Waals surface area contributed by atoms with Gasteiger partial charge in [0, 0.05) is 12.1 Å². The number of hydrogen-bond acceptors (Lipinski definition) is 5. The van der Waals surface area contributed by atoms with Crippen LogP contribution in [0.5, 0.6) is 11.5 Å². The molecule has 26 heavy (non-hydrogen) atoms. The number of nitrogens with one attached hydrogen (secondary N) is 1. The van der Waals surface area contributed by atoms with Crippen LogP contribution in [-0.4, -0.2) is 30.7 Å². The van der Waals surface area contributed by atoms with Gasteiger partial charge in [0.15, 0.2) is 18.1 Å². The highest BCUT2D eigenvalue weighted by Crippen LogP contribution is 2.33. The van der Waals surface area contributed by atoms with Crippen LogP contribution in [0.1, 0.15) is 12.5 Å². The number of rotatable bonds is 5. The maximum absolute atomic E-state index is 13.5. The van der Waals surface area contributed by atoms with Gasteiger partial charge in [-0.2, -0.15) is 0 Å². The fourth-order valence-corrected chi connectivity index (χ4v) is 2.48. The molecule has 2 aromatic carbocycles. The molecule has 0 fully saturated rings. The summed E-state index contributed by atoms with van der Waals surface area (Å²) in [4.78, 5) is 24.0. The standard InChI is InChI=1S/C19H18FNO5/c1-12-18(26-16-9-5-4-8-15(16)25-12)19(23)24-11-17(22)21-10-13-6-2-3-7-14(13)20/h2-9,12,18H,10-11H2,1H3,(H,21,22). The molecule has 136 valence electrons. The number of halogens is 1. The quantitative estimate of drug-likeness (QED) is 0.829. The third-order valence-corrected chi connectivity index (χ3v) is 3.85. The van der Waals surface area contributed by atoms with Gasteiger partial charge in [0.2, 0.25) is 6.10 Å². The number of carbonyl (C=O) groups is 2. The highest BCUT2D eigenvalue weighted by Gasteiger charge is 2.35. The number of para-hydroxylation sites is 2. The topological polar surface area (TPSA) is 73.9 Å². The van der Waals surface area contributed by atoms with Crippen LogP contribution in [0.4, 0.5) is 4.39 Å². The van der Waals surface area contributed by atoms with Crippen LogP contribution in [0.2, 0.25) is 0 Å². The second-order valence-corrected chi connectivity index (χ2v) is 5.78. The molecule has 0 spiro atoms. The summed E-state index contributed by atoms with van der Waals surface area (Å²) in [6, 6.07) is 13.1. The average molecular weight is 359 g/mol. The molecule has 2 unspecified atom stereocenters. The summed E-state index contributed by atoms with van der Waals surface area (Å²) >= 11 is 0. The first-order chi connectivity index (χ1) is 12.5. The molecule has 0 aromatic heterocycles. The van der Waals surface area contributed by atoms with Crippen molar-refractivity contribution in [3.63, 3.8) is 0 Å². The Kier molecular flexibility index (Phi) is 5.36. The summed E-state index contributed by atoms with van der Waals surface area (Å²) in [5, 5.41) is 2.50. The fourth-order valence-electron chi connectivity index (χ4n) is 2.48. The Labute approximate surface area is 149 Å². The Morgan fingerprint density at radius 2 is 1.73 bits per heavy atom. The summed E-state index contributed by atoms with van der Waals surface area (Å²) in [7, 11) is 0. The van der Waals surface area contributed by atoms with Gasteiger partial charge in [0.1, 0.15) is 11.9 Å². The number of esters is 1. The van der Waals surface area contributed by atoms with E-state index in [0.717, 1.165) is 0 Å². The van der Waals surface area contributed by atoms with E-state index >= 15 is 0 Å². The fraction of sp³-hybridized carbons (Fsp3) is 0.263. The van der Waals surface area contributed by atoms with Crippen molar-refractivity contribution >= 4 is 11.9 Å². The second kappa shape index (κ2) is 7.86. The van der Waals surface area contributed by atoms with E-state index in [1.807, 2.05) is 0 Å². The minimum Gasteiger partial charge on any atom is -0.482 e. The van der Waals surface area contributed by atoms with Gasteiger partial charge in [-0.3, -0.25) is 4.79 Å². The van der Waals surface area contributed by atoms with Crippen LogP contribution >= 0.6 is 0 Å². The monoisotopic (exact) mass is 359 g/mol. The lowest BCUT2D eigenvalue weighted by Crippen LogP contribution is -2.45. The van der Waals surface area contributed by atoms with E-state index in [9.17, 15) is 14.0 Å². The molecule has 0 saturated heterocycles. The molecule has 6 nitrogen and oxygen atoms in total. The third-order valence-electron chi connectivity index (χ3n) is 3.85. The molecule has 1 aliphatic heterocycles. The maximum Gasteiger partial charge on any atom is 0.351 e. The van der Waals surface area contributed by atoms with Crippen molar-refractivity contribution in [1.29, 1.82) is 0 Å². The highest BCUT2D eigenvalue weighted by atomic mass is 19.1. The lowest BCUT2D eigenvalue weighted by molar-refractivity contribution is -0.160. The molecule has 0 aliphatic carbocycles. The zero-order valence-electron chi connectivity index (χ0n) is 14.1. The minimum atomic E-state index is -0.968. The van der Waals surface area contributed by atoms with Crippen LogP contribution in [0.15, 0.2) is 48.5 Å². The Morgan fingerprint density at radius 3 is 2.46 bits per heavy atom. The Bertz CT molecular complexity index is 810. The van der Waals surface area contributed by atoms with Gasteiger partial charge >= 0.3 is 5.97 Å². The molecule has 0 radical (unpaired) electrons. The van der Waals surface area contributed by atoms with Crippen molar-refractivity contribution in [3.8, 4) is 11.5 Å². The molecule has 7 heteroatoms. The summed E-state index contributed by atoms with van der Waals surface area (Å²) in [5.41, 5.74) is 0.349. The lowest BCUT2D eigenvalue weighted by Gasteiger charge is -2.30. The first-order valence-corrected chi connectivity index (χ1v) is 8.13. The van der Waals surface area contributed by atoms with Gasteiger partial charge in [-0.1, -0.05) is 30.3 Å². The maximum atomic E-state index is 13.5. The Morgan fingerprint density at radius 1 is 1.08 bits per heavy atom. The Balaban J connectivity index is 1.49. The van der Waals surface area contributed by atoms with Crippen molar-refractivity contribution in [2.24, 2.45) is 0 Å². The van der Waals surface area contributed by atoms with Gasteiger partial charge in [0.05, 0.1) is 0 Å². The van der Waals surface area contributed by atoms with Gasteiger partial charge < -0.3 is 19.5 Å². The summed E-state index contributed by atoms with van der Waals surface area (Å²) in [6.45, 7) is 1.21. The summed E-state index contributed by atoms with van der Waals surface area (Å²) < 4.78 is 29.7. The number of ether oxygens (including phenoxy) is 3. The van der Waals surface area contributed by atoms with E-state index in [0.29, 0.717) is 17.1 Å². The van der Waals surface area contributed by atoms with Gasteiger partial charge in [0.25, 0.3) is 5.91 Å². The zero-order valence-corrected chi connectivity index (χ0v) is 14.1. The van der Waals surface area contributed by atoms with E-state index in [-0.39, 0.29) is 6.54 Å². The molecule has 0 bridgehead atoms. The van der Waals surface area contributed by atoms with Crippen molar-refractivity contribution in [2.75, 3.05) is 6.61 Å². The molecule has 0 saturated carbocycles. The zero-order chi connectivity index (χ0) is 18.5. The molecule has 1 aliphatic rings. The SMILES string of the molecule is CC1Oc2ccccc2OC1C(=O)OCC(=O)NCc1ccccc1F. The number of benzene rings is 2.